The number of rotatable bonds is 4. The van der Waals surface area contributed by atoms with Gasteiger partial charge in [0.15, 0.2) is 0 Å². The van der Waals surface area contributed by atoms with Crippen molar-refractivity contribution in [1.29, 1.82) is 0 Å². The summed E-state index contributed by atoms with van der Waals surface area (Å²) in [4.78, 5) is 0. The van der Waals surface area contributed by atoms with Crippen LogP contribution in [0, 0.1) is 5.92 Å². The van der Waals surface area contributed by atoms with Crippen molar-refractivity contribution < 1.29 is 9.84 Å². The molecule has 0 radical (unpaired) electrons. The molecule has 3 rings (SSSR count). The summed E-state index contributed by atoms with van der Waals surface area (Å²) in [5.41, 5.74) is 3.75. The van der Waals surface area contributed by atoms with Gasteiger partial charge in [-0.15, -0.1) is 0 Å². The molecule has 1 aliphatic rings. The van der Waals surface area contributed by atoms with Crippen LogP contribution in [0.2, 0.25) is 0 Å². The second-order valence-electron chi connectivity index (χ2n) is 6.02. The molecular formula is C19H22O2. The highest BCUT2D eigenvalue weighted by Crippen LogP contribution is 2.53. The molecule has 110 valence electrons. The second-order valence-corrected chi connectivity index (χ2v) is 6.02. The fourth-order valence-electron chi connectivity index (χ4n) is 3.50. The first-order valence-corrected chi connectivity index (χ1v) is 7.56. The maximum atomic E-state index is 9.15. The molecular weight excluding hydrogens is 260 g/mol. The molecule has 1 aliphatic carbocycles. The van der Waals surface area contributed by atoms with Crippen molar-refractivity contribution >= 4 is 0 Å². The number of methoxy groups -OCH3 is 1. The lowest BCUT2D eigenvalue weighted by Gasteiger charge is -2.44. The number of hydrogen-bond donors (Lipinski definition) is 1. The van der Waals surface area contributed by atoms with E-state index in [2.05, 4.69) is 31.2 Å². The van der Waals surface area contributed by atoms with E-state index in [4.69, 9.17) is 9.84 Å². The quantitative estimate of drug-likeness (QED) is 0.915. The lowest BCUT2D eigenvalue weighted by Crippen LogP contribution is -2.30. The van der Waals surface area contributed by atoms with E-state index >= 15 is 0 Å². The minimum absolute atomic E-state index is 0.114. The predicted molar refractivity (Wildman–Crippen MR) is 84.6 cm³/mol. The Morgan fingerprint density at radius 3 is 2.14 bits per heavy atom. The third-order valence-corrected chi connectivity index (χ3v) is 4.76. The predicted octanol–water partition coefficient (Wildman–Crippen LogP) is 4.09. The van der Waals surface area contributed by atoms with Gasteiger partial charge in [0.05, 0.1) is 13.7 Å². The minimum Gasteiger partial charge on any atom is -0.497 e. The van der Waals surface area contributed by atoms with Gasteiger partial charge in [-0.3, -0.25) is 0 Å². The fourth-order valence-corrected chi connectivity index (χ4v) is 3.50. The largest absolute Gasteiger partial charge is 0.497 e. The van der Waals surface area contributed by atoms with Gasteiger partial charge in [0, 0.05) is 0 Å². The molecule has 0 spiro atoms. The van der Waals surface area contributed by atoms with Crippen LogP contribution in [0.5, 0.6) is 5.75 Å². The summed E-state index contributed by atoms with van der Waals surface area (Å²) in [6.07, 6.45) is 1.23. The average Bonchev–Trinajstić information content (AvgIpc) is 2.53. The zero-order valence-corrected chi connectivity index (χ0v) is 12.6. The van der Waals surface area contributed by atoms with E-state index in [9.17, 15) is 0 Å². The molecule has 2 nitrogen and oxygen atoms in total. The molecule has 2 aromatic carbocycles. The topological polar surface area (TPSA) is 29.5 Å². The first-order chi connectivity index (χ1) is 10.2. The highest BCUT2D eigenvalue weighted by atomic mass is 16.5. The maximum Gasteiger partial charge on any atom is 0.118 e. The van der Waals surface area contributed by atoms with Gasteiger partial charge in [-0.05, 0) is 53.0 Å². The maximum absolute atomic E-state index is 9.15. The van der Waals surface area contributed by atoms with Crippen LogP contribution in [0.25, 0.3) is 0 Å². The average molecular weight is 282 g/mol. The highest BCUT2D eigenvalue weighted by Gasteiger charge is 2.39. The Morgan fingerprint density at radius 2 is 1.62 bits per heavy atom. The second kappa shape index (κ2) is 5.90. The van der Waals surface area contributed by atoms with Crippen molar-refractivity contribution in [3.8, 4) is 5.75 Å². The van der Waals surface area contributed by atoms with Gasteiger partial charge in [-0.2, -0.15) is 0 Å². The van der Waals surface area contributed by atoms with Crippen LogP contribution in [-0.2, 0) is 6.61 Å². The van der Waals surface area contributed by atoms with E-state index in [0.717, 1.165) is 11.3 Å². The van der Waals surface area contributed by atoms with Crippen LogP contribution < -0.4 is 4.74 Å². The molecule has 21 heavy (non-hydrogen) atoms. The molecule has 0 unspecified atom stereocenters. The standard InChI is InChI=1S/C19H22O2/c1-13-11-18(15-5-3-14(12-20)4-6-15)19(13)16-7-9-17(21-2)10-8-16/h3-10,13,18-20H,11-12H2,1-2H3/t13-,18-,19-/m1/s1. The summed E-state index contributed by atoms with van der Waals surface area (Å²) in [5, 5.41) is 9.15. The van der Waals surface area contributed by atoms with E-state index in [1.54, 1.807) is 7.11 Å². The van der Waals surface area contributed by atoms with Crippen molar-refractivity contribution in [2.75, 3.05) is 7.11 Å². The zero-order chi connectivity index (χ0) is 14.8. The summed E-state index contributed by atoms with van der Waals surface area (Å²) in [6.45, 7) is 2.44. The van der Waals surface area contributed by atoms with Crippen LogP contribution in [0.15, 0.2) is 48.5 Å². The number of ether oxygens (including phenoxy) is 1. The van der Waals surface area contributed by atoms with E-state index in [-0.39, 0.29) is 6.61 Å². The van der Waals surface area contributed by atoms with E-state index in [1.165, 1.54) is 17.5 Å². The van der Waals surface area contributed by atoms with Gasteiger partial charge in [-0.1, -0.05) is 43.3 Å². The summed E-state index contributed by atoms with van der Waals surface area (Å²) in [6, 6.07) is 16.9. The Kier molecular flexibility index (Phi) is 3.98. The summed E-state index contributed by atoms with van der Waals surface area (Å²) < 4.78 is 5.24. The SMILES string of the molecule is COc1ccc([C@H]2[C@H](C)C[C@@H]2c2ccc(CO)cc2)cc1. The number of aliphatic hydroxyl groups excluding tert-OH is 1. The van der Waals surface area contributed by atoms with E-state index in [1.807, 2.05) is 24.3 Å². The van der Waals surface area contributed by atoms with Crippen molar-refractivity contribution in [3.05, 3.63) is 65.2 Å². The fraction of sp³-hybridized carbons (Fsp3) is 0.368. The normalized spacial score (nSPS) is 24.4. The molecule has 0 amide bonds. The van der Waals surface area contributed by atoms with Crippen LogP contribution in [0.3, 0.4) is 0 Å². The van der Waals surface area contributed by atoms with E-state index < -0.39 is 0 Å². The molecule has 1 saturated carbocycles. The number of benzene rings is 2. The zero-order valence-electron chi connectivity index (χ0n) is 12.6. The van der Waals surface area contributed by atoms with Crippen LogP contribution in [-0.4, -0.2) is 12.2 Å². The van der Waals surface area contributed by atoms with Gasteiger partial charge in [0.2, 0.25) is 0 Å². The monoisotopic (exact) mass is 282 g/mol. The number of aliphatic hydroxyl groups is 1. The summed E-state index contributed by atoms with van der Waals surface area (Å²) >= 11 is 0. The molecule has 0 heterocycles. The van der Waals surface area contributed by atoms with Crippen molar-refractivity contribution in [1.82, 2.24) is 0 Å². The van der Waals surface area contributed by atoms with Gasteiger partial charge in [-0.25, -0.2) is 0 Å². The molecule has 3 atom stereocenters. The molecule has 1 N–H and O–H groups in total. The molecule has 0 aromatic heterocycles. The van der Waals surface area contributed by atoms with Crippen molar-refractivity contribution in [2.45, 2.75) is 31.8 Å². The van der Waals surface area contributed by atoms with Crippen molar-refractivity contribution in [3.63, 3.8) is 0 Å². The third kappa shape index (κ3) is 2.68. The smallest absolute Gasteiger partial charge is 0.118 e. The van der Waals surface area contributed by atoms with E-state index in [0.29, 0.717) is 17.8 Å². The Balaban J connectivity index is 1.82. The molecule has 2 heteroatoms. The van der Waals surface area contributed by atoms with Gasteiger partial charge in [0.1, 0.15) is 5.75 Å². The molecule has 0 aliphatic heterocycles. The van der Waals surface area contributed by atoms with Crippen LogP contribution in [0.4, 0.5) is 0 Å². The Hall–Kier alpha value is -1.80. The summed E-state index contributed by atoms with van der Waals surface area (Å²) in [7, 11) is 1.70. The van der Waals surface area contributed by atoms with Gasteiger partial charge < -0.3 is 9.84 Å². The minimum atomic E-state index is 0.114. The molecule has 2 aromatic rings. The molecule has 0 bridgehead atoms. The first kappa shape index (κ1) is 14.2. The van der Waals surface area contributed by atoms with Crippen molar-refractivity contribution in [2.24, 2.45) is 5.92 Å². The Morgan fingerprint density at radius 1 is 1.00 bits per heavy atom. The Bertz CT molecular complexity index is 586. The lowest BCUT2D eigenvalue weighted by atomic mass is 9.60. The van der Waals surface area contributed by atoms with Gasteiger partial charge in [0.25, 0.3) is 0 Å². The molecule has 1 fully saturated rings. The summed E-state index contributed by atoms with van der Waals surface area (Å²) in [5.74, 6) is 2.78. The van der Waals surface area contributed by atoms with Crippen LogP contribution in [0.1, 0.15) is 41.9 Å². The number of hydrogen-bond acceptors (Lipinski definition) is 2. The lowest BCUT2D eigenvalue weighted by molar-refractivity contribution is 0.227. The van der Waals surface area contributed by atoms with Crippen LogP contribution >= 0.6 is 0 Å². The first-order valence-electron chi connectivity index (χ1n) is 7.56. The van der Waals surface area contributed by atoms with Gasteiger partial charge >= 0.3 is 0 Å². The molecule has 0 saturated heterocycles. The Labute approximate surface area is 126 Å². The third-order valence-electron chi connectivity index (χ3n) is 4.76. The highest BCUT2D eigenvalue weighted by molar-refractivity contribution is 5.37.